The number of piperidine rings is 1. The average Bonchev–Trinajstić information content (AvgIpc) is 2.84. The Bertz CT molecular complexity index is 212. The van der Waals surface area contributed by atoms with Crippen molar-refractivity contribution in [3.05, 3.63) is 6.92 Å². The summed E-state index contributed by atoms with van der Waals surface area (Å²) in [6.07, 6.45) is -1.85. The molecule has 0 aromatic heterocycles. The fourth-order valence-corrected chi connectivity index (χ4v) is 2.26. The molecule has 4 heteroatoms. The summed E-state index contributed by atoms with van der Waals surface area (Å²) in [6.45, 7) is 5.02. The molecule has 2 rings (SSSR count). The Hall–Kier alpha value is -0.250. The molecule has 0 N–H and O–H groups in total. The first-order valence-electron chi connectivity index (χ1n) is 5.10. The summed E-state index contributed by atoms with van der Waals surface area (Å²) in [5.41, 5.74) is -1.45. The quantitative estimate of drug-likeness (QED) is 0.637. The zero-order chi connectivity index (χ0) is 10.4. The molecule has 14 heavy (non-hydrogen) atoms. The van der Waals surface area contributed by atoms with Gasteiger partial charge in [0.1, 0.15) is 5.54 Å². The van der Waals surface area contributed by atoms with Gasteiger partial charge in [0, 0.05) is 0 Å². The van der Waals surface area contributed by atoms with E-state index >= 15 is 0 Å². The Morgan fingerprint density at radius 2 is 1.64 bits per heavy atom. The Kier molecular flexibility index (Phi) is 2.29. The highest BCUT2D eigenvalue weighted by Crippen LogP contribution is 2.54. The van der Waals surface area contributed by atoms with Crippen molar-refractivity contribution in [1.82, 2.24) is 4.90 Å². The number of hydrogen-bond donors (Lipinski definition) is 0. The van der Waals surface area contributed by atoms with Crippen molar-refractivity contribution in [2.24, 2.45) is 5.92 Å². The van der Waals surface area contributed by atoms with Crippen molar-refractivity contribution in [1.29, 1.82) is 0 Å². The predicted octanol–water partition coefficient (Wildman–Crippen LogP) is 2.63. The molecule has 1 heterocycles. The summed E-state index contributed by atoms with van der Waals surface area (Å²) < 4.78 is 38.2. The molecular formula is C10H15F3N. The second-order valence-electron chi connectivity index (χ2n) is 4.46. The highest BCUT2D eigenvalue weighted by molar-refractivity contribution is 5.10. The largest absolute Gasteiger partial charge is 0.406 e. The van der Waals surface area contributed by atoms with Crippen LogP contribution in [0.2, 0.25) is 0 Å². The lowest BCUT2D eigenvalue weighted by Gasteiger charge is -2.37. The molecule has 1 saturated heterocycles. The van der Waals surface area contributed by atoms with Crippen LogP contribution < -0.4 is 0 Å². The van der Waals surface area contributed by atoms with E-state index in [9.17, 15) is 13.2 Å². The highest BCUT2D eigenvalue weighted by atomic mass is 19.4. The summed E-state index contributed by atoms with van der Waals surface area (Å²) in [5, 5.41) is 0. The smallest absolute Gasteiger partial charge is 0.290 e. The van der Waals surface area contributed by atoms with Gasteiger partial charge in [0.25, 0.3) is 0 Å². The van der Waals surface area contributed by atoms with E-state index in [1.807, 2.05) is 0 Å². The Morgan fingerprint density at radius 1 is 1.14 bits per heavy atom. The first kappa shape index (κ1) is 10.3. The lowest BCUT2D eigenvalue weighted by Crippen LogP contribution is -2.51. The molecule has 0 bridgehead atoms. The van der Waals surface area contributed by atoms with Crippen molar-refractivity contribution in [3.63, 3.8) is 0 Å². The fourth-order valence-electron chi connectivity index (χ4n) is 2.26. The molecule has 0 spiro atoms. The first-order chi connectivity index (χ1) is 6.46. The summed E-state index contributed by atoms with van der Waals surface area (Å²) in [6, 6.07) is 0. The number of rotatable bonds is 1. The Morgan fingerprint density at radius 3 is 2.00 bits per heavy atom. The zero-order valence-electron chi connectivity index (χ0n) is 8.11. The summed E-state index contributed by atoms with van der Waals surface area (Å²) >= 11 is 0. The third-order valence-corrected chi connectivity index (χ3v) is 3.47. The zero-order valence-corrected chi connectivity index (χ0v) is 8.11. The maximum atomic E-state index is 12.7. The van der Waals surface area contributed by atoms with Crippen LogP contribution in [0.4, 0.5) is 13.2 Å². The second-order valence-corrected chi connectivity index (χ2v) is 4.46. The maximum absolute atomic E-state index is 12.7. The first-order valence-corrected chi connectivity index (χ1v) is 5.10. The van der Waals surface area contributed by atoms with E-state index in [1.165, 1.54) is 0 Å². The van der Waals surface area contributed by atoms with E-state index in [2.05, 4.69) is 6.92 Å². The number of likely N-dealkylation sites (tertiary alicyclic amines) is 1. The van der Waals surface area contributed by atoms with Crippen molar-refractivity contribution in [2.75, 3.05) is 13.1 Å². The number of nitrogens with zero attached hydrogens (tertiary/aromatic N) is 1. The van der Waals surface area contributed by atoms with Gasteiger partial charge in [-0.25, -0.2) is 0 Å². The predicted molar refractivity (Wildman–Crippen MR) is 47.7 cm³/mol. The van der Waals surface area contributed by atoms with Crippen LogP contribution >= 0.6 is 0 Å². The van der Waals surface area contributed by atoms with Crippen molar-refractivity contribution < 1.29 is 13.2 Å². The van der Waals surface area contributed by atoms with E-state index in [0.717, 1.165) is 12.8 Å². The molecule has 1 saturated carbocycles. The maximum Gasteiger partial charge on any atom is 0.406 e. The molecule has 1 aliphatic heterocycles. The van der Waals surface area contributed by atoms with Crippen LogP contribution in [0.5, 0.6) is 0 Å². The third-order valence-electron chi connectivity index (χ3n) is 3.47. The normalized spacial score (nSPS) is 29.1. The van der Waals surface area contributed by atoms with Gasteiger partial charge in [-0.05, 0) is 44.7 Å². The molecule has 1 nitrogen and oxygen atoms in total. The summed E-state index contributed by atoms with van der Waals surface area (Å²) in [4.78, 5) is 1.62. The molecule has 0 unspecified atom stereocenters. The minimum atomic E-state index is -4.04. The topological polar surface area (TPSA) is 3.24 Å². The van der Waals surface area contributed by atoms with Crippen LogP contribution in [0.1, 0.15) is 25.7 Å². The molecule has 0 aromatic carbocycles. The van der Waals surface area contributed by atoms with Gasteiger partial charge >= 0.3 is 6.18 Å². The lowest BCUT2D eigenvalue weighted by atomic mass is 9.97. The monoisotopic (exact) mass is 206 g/mol. The minimum Gasteiger partial charge on any atom is -0.290 e. The van der Waals surface area contributed by atoms with Crippen LogP contribution in [0.3, 0.4) is 0 Å². The number of alkyl halides is 3. The van der Waals surface area contributed by atoms with E-state index < -0.39 is 11.7 Å². The summed E-state index contributed by atoms with van der Waals surface area (Å²) in [5.74, 6) is 0.343. The van der Waals surface area contributed by atoms with Gasteiger partial charge in [-0.1, -0.05) is 6.92 Å². The van der Waals surface area contributed by atoms with Crippen LogP contribution in [-0.2, 0) is 0 Å². The molecule has 81 valence electrons. The van der Waals surface area contributed by atoms with Crippen LogP contribution in [-0.4, -0.2) is 29.7 Å². The molecule has 1 aliphatic carbocycles. The van der Waals surface area contributed by atoms with Gasteiger partial charge < -0.3 is 0 Å². The molecule has 2 fully saturated rings. The number of halogens is 3. The molecular weight excluding hydrogens is 191 g/mol. The third kappa shape index (κ3) is 1.53. The van der Waals surface area contributed by atoms with Gasteiger partial charge in [-0.3, -0.25) is 4.90 Å². The van der Waals surface area contributed by atoms with Gasteiger partial charge in [0.15, 0.2) is 0 Å². The summed E-state index contributed by atoms with van der Waals surface area (Å²) in [7, 11) is 0. The Labute approximate surface area is 82.3 Å². The van der Waals surface area contributed by atoms with Crippen molar-refractivity contribution >= 4 is 0 Å². The van der Waals surface area contributed by atoms with E-state index in [4.69, 9.17) is 0 Å². The van der Waals surface area contributed by atoms with Crippen LogP contribution in [0.15, 0.2) is 0 Å². The van der Waals surface area contributed by atoms with E-state index in [0.29, 0.717) is 19.0 Å². The average molecular weight is 206 g/mol. The highest BCUT2D eigenvalue weighted by Gasteiger charge is 2.66. The standard InChI is InChI=1S/C10H15F3N/c1-8-2-6-14(7-3-8)9(4-5-9)10(11,12)13/h8H,1-7H2. The van der Waals surface area contributed by atoms with Gasteiger partial charge in [-0.2, -0.15) is 13.2 Å². The lowest BCUT2D eigenvalue weighted by molar-refractivity contribution is -0.199. The van der Waals surface area contributed by atoms with Gasteiger partial charge in [0.05, 0.1) is 0 Å². The number of hydrogen-bond acceptors (Lipinski definition) is 1. The van der Waals surface area contributed by atoms with Gasteiger partial charge in [0.2, 0.25) is 0 Å². The SMILES string of the molecule is [CH2]C1CCN(C2(C(F)(F)F)CC2)CC1. The fraction of sp³-hybridized carbons (Fsp3) is 0.900. The van der Waals surface area contributed by atoms with Crippen LogP contribution in [0.25, 0.3) is 0 Å². The molecule has 1 radical (unpaired) electrons. The van der Waals surface area contributed by atoms with Crippen LogP contribution in [0, 0.1) is 12.8 Å². The van der Waals surface area contributed by atoms with E-state index in [-0.39, 0.29) is 12.8 Å². The molecule has 2 aliphatic rings. The van der Waals surface area contributed by atoms with E-state index in [1.54, 1.807) is 4.90 Å². The second kappa shape index (κ2) is 3.12. The van der Waals surface area contributed by atoms with Gasteiger partial charge in [-0.15, -0.1) is 0 Å². The molecule has 0 atom stereocenters. The van der Waals surface area contributed by atoms with Crippen molar-refractivity contribution in [2.45, 2.75) is 37.4 Å². The minimum absolute atomic E-state index is 0.290. The van der Waals surface area contributed by atoms with Crippen molar-refractivity contribution in [3.8, 4) is 0 Å². The Balaban J connectivity index is 2.02. The molecule has 0 aromatic rings. The molecule has 0 amide bonds.